The second-order valence-corrected chi connectivity index (χ2v) is 3.67. The summed E-state index contributed by atoms with van der Waals surface area (Å²) in [5.41, 5.74) is 6.10. The van der Waals surface area contributed by atoms with E-state index in [1.807, 2.05) is 0 Å². The minimum atomic E-state index is -4.68. The molecule has 1 aromatic carbocycles. The van der Waals surface area contributed by atoms with Gasteiger partial charge < -0.3 is 15.0 Å². The number of nitrogens with zero attached hydrogens (tertiary/aromatic N) is 2. The molecule has 0 spiro atoms. The summed E-state index contributed by atoms with van der Waals surface area (Å²) in [5.74, 6) is 0.116. The van der Waals surface area contributed by atoms with Gasteiger partial charge in [0.2, 0.25) is 0 Å². The third-order valence-electron chi connectivity index (χ3n) is 2.15. The van der Waals surface area contributed by atoms with E-state index in [-0.39, 0.29) is 5.75 Å². The molecule has 0 aliphatic carbocycles. The fraction of sp³-hybridized carbons (Fsp3) is 0.182. The number of aromatic nitrogens is 2. The van der Waals surface area contributed by atoms with E-state index in [1.165, 1.54) is 24.5 Å². The van der Waals surface area contributed by atoms with Crippen molar-refractivity contribution >= 4 is 5.82 Å². The zero-order valence-corrected chi connectivity index (χ0v) is 9.19. The van der Waals surface area contributed by atoms with E-state index in [9.17, 15) is 13.2 Å². The highest BCUT2D eigenvalue weighted by Gasteiger charge is 2.31. The quantitative estimate of drug-likeness (QED) is 0.918. The van der Waals surface area contributed by atoms with Gasteiger partial charge in [0.05, 0.1) is 6.33 Å². The molecule has 0 saturated heterocycles. The van der Waals surface area contributed by atoms with Gasteiger partial charge in [-0.05, 0) is 17.7 Å². The number of imidazole rings is 1. The first-order valence-corrected chi connectivity index (χ1v) is 5.04. The maximum Gasteiger partial charge on any atom is 0.573 e. The van der Waals surface area contributed by atoms with E-state index in [0.717, 1.165) is 0 Å². The van der Waals surface area contributed by atoms with E-state index < -0.39 is 6.36 Å². The van der Waals surface area contributed by atoms with E-state index in [0.29, 0.717) is 17.9 Å². The summed E-state index contributed by atoms with van der Waals surface area (Å²) in [7, 11) is 0. The lowest BCUT2D eigenvalue weighted by Gasteiger charge is -2.10. The summed E-state index contributed by atoms with van der Waals surface area (Å²) in [6.07, 6.45) is -1.58. The van der Waals surface area contributed by atoms with Crippen LogP contribution in [0.15, 0.2) is 36.8 Å². The molecule has 4 nitrogen and oxygen atoms in total. The summed E-state index contributed by atoms with van der Waals surface area (Å²) in [5, 5.41) is 0. The van der Waals surface area contributed by atoms with Crippen LogP contribution < -0.4 is 10.5 Å². The zero-order valence-electron chi connectivity index (χ0n) is 9.19. The van der Waals surface area contributed by atoms with Crippen LogP contribution in [0.25, 0.3) is 0 Å². The summed E-state index contributed by atoms with van der Waals surface area (Å²) in [6.45, 7) is 0.374. The van der Waals surface area contributed by atoms with Crippen molar-refractivity contribution in [2.24, 2.45) is 0 Å². The van der Waals surface area contributed by atoms with E-state index >= 15 is 0 Å². The van der Waals surface area contributed by atoms with E-state index in [1.54, 1.807) is 16.8 Å². The summed E-state index contributed by atoms with van der Waals surface area (Å²) < 4.78 is 41.7. The molecule has 18 heavy (non-hydrogen) atoms. The predicted molar refractivity (Wildman–Crippen MR) is 58.9 cm³/mol. The van der Waals surface area contributed by atoms with Crippen LogP contribution in [0.3, 0.4) is 0 Å². The number of ether oxygens (including phenoxy) is 1. The summed E-state index contributed by atoms with van der Waals surface area (Å²) in [4.78, 5) is 3.82. The maximum absolute atomic E-state index is 12.0. The molecule has 0 radical (unpaired) electrons. The van der Waals surface area contributed by atoms with Gasteiger partial charge in [-0.3, -0.25) is 0 Å². The van der Waals surface area contributed by atoms with Crippen molar-refractivity contribution in [2.45, 2.75) is 12.9 Å². The first-order chi connectivity index (χ1) is 8.42. The maximum atomic E-state index is 12.0. The lowest BCUT2D eigenvalue weighted by molar-refractivity contribution is -0.274. The van der Waals surface area contributed by atoms with E-state index in [4.69, 9.17) is 5.73 Å². The Balaban J connectivity index is 2.12. The number of rotatable bonds is 3. The van der Waals surface area contributed by atoms with E-state index in [2.05, 4.69) is 9.72 Å². The van der Waals surface area contributed by atoms with Crippen molar-refractivity contribution in [1.82, 2.24) is 9.55 Å². The average molecular weight is 257 g/mol. The highest BCUT2D eigenvalue weighted by molar-refractivity contribution is 5.30. The molecule has 2 aromatic rings. The van der Waals surface area contributed by atoms with Crippen molar-refractivity contribution < 1.29 is 17.9 Å². The van der Waals surface area contributed by atoms with Gasteiger partial charge in [0.25, 0.3) is 0 Å². The van der Waals surface area contributed by atoms with Crippen molar-refractivity contribution in [1.29, 1.82) is 0 Å². The van der Waals surface area contributed by atoms with Crippen LogP contribution in [-0.4, -0.2) is 15.9 Å². The number of nitrogens with two attached hydrogens (primary N) is 1. The second kappa shape index (κ2) is 4.59. The molecule has 0 unspecified atom stereocenters. The normalized spacial score (nSPS) is 11.5. The number of hydrogen-bond donors (Lipinski definition) is 1. The Bertz CT molecular complexity index is 536. The van der Waals surface area contributed by atoms with Crippen molar-refractivity contribution in [3.05, 3.63) is 42.4 Å². The Morgan fingerprint density at radius 3 is 2.72 bits per heavy atom. The molecule has 0 aliphatic heterocycles. The second-order valence-electron chi connectivity index (χ2n) is 3.67. The Morgan fingerprint density at radius 1 is 1.33 bits per heavy atom. The standard InChI is InChI=1S/C11H10F3N3O/c12-11(13,14)18-9-3-1-2-8(4-9)5-17-6-10(15)16-7-17/h1-4,6-7H,5,15H2. The number of anilines is 1. The van der Waals surface area contributed by atoms with Gasteiger partial charge in [-0.2, -0.15) is 0 Å². The van der Waals surface area contributed by atoms with Crippen LogP contribution in [0.1, 0.15) is 5.56 Å². The van der Waals surface area contributed by atoms with Crippen LogP contribution >= 0.6 is 0 Å². The van der Waals surface area contributed by atoms with Gasteiger partial charge in [0.1, 0.15) is 11.6 Å². The molecule has 7 heteroatoms. The molecule has 1 aromatic heterocycles. The molecular weight excluding hydrogens is 247 g/mol. The molecule has 1 heterocycles. The van der Waals surface area contributed by atoms with Crippen LogP contribution in [0.2, 0.25) is 0 Å². The summed E-state index contributed by atoms with van der Waals surface area (Å²) >= 11 is 0. The Hall–Kier alpha value is -2.18. The molecule has 2 rings (SSSR count). The van der Waals surface area contributed by atoms with Crippen LogP contribution in [0, 0.1) is 0 Å². The highest BCUT2D eigenvalue weighted by Crippen LogP contribution is 2.23. The van der Waals surface area contributed by atoms with Gasteiger partial charge in [-0.1, -0.05) is 12.1 Å². The van der Waals surface area contributed by atoms with Crippen LogP contribution in [0.5, 0.6) is 5.75 Å². The number of hydrogen-bond acceptors (Lipinski definition) is 3. The van der Waals surface area contributed by atoms with Gasteiger partial charge >= 0.3 is 6.36 Å². The van der Waals surface area contributed by atoms with Crippen LogP contribution in [0.4, 0.5) is 19.0 Å². The van der Waals surface area contributed by atoms with Crippen LogP contribution in [-0.2, 0) is 6.54 Å². The lowest BCUT2D eigenvalue weighted by atomic mass is 10.2. The number of benzene rings is 1. The van der Waals surface area contributed by atoms with Crippen molar-refractivity contribution in [3.8, 4) is 5.75 Å². The fourth-order valence-corrected chi connectivity index (χ4v) is 1.52. The van der Waals surface area contributed by atoms with Gasteiger partial charge in [-0.25, -0.2) is 4.98 Å². The molecule has 96 valence electrons. The zero-order chi connectivity index (χ0) is 13.2. The third kappa shape index (κ3) is 3.41. The first kappa shape index (κ1) is 12.3. The first-order valence-electron chi connectivity index (χ1n) is 5.04. The SMILES string of the molecule is Nc1cn(Cc2cccc(OC(F)(F)F)c2)cn1. The fourth-order valence-electron chi connectivity index (χ4n) is 1.52. The molecule has 2 N–H and O–H groups in total. The highest BCUT2D eigenvalue weighted by atomic mass is 19.4. The molecule has 0 amide bonds. The Kier molecular flexibility index (Phi) is 3.14. The Morgan fingerprint density at radius 2 is 2.11 bits per heavy atom. The molecular formula is C11H10F3N3O. The monoisotopic (exact) mass is 257 g/mol. The average Bonchev–Trinajstić information content (AvgIpc) is 2.62. The molecule has 0 bridgehead atoms. The largest absolute Gasteiger partial charge is 0.573 e. The number of alkyl halides is 3. The number of halogens is 3. The topological polar surface area (TPSA) is 53.1 Å². The van der Waals surface area contributed by atoms with Gasteiger partial charge in [-0.15, -0.1) is 13.2 Å². The van der Waals surface area contributed by atoms with Gasteiger partial charge in [0, 0.05) is 12.7 Å². The van der Waals surface area contributed by atoms with Crippen molar-refractivity contribution in [3.63, 3.8) is 0 Å². The van der Waals surface area contributed by atoms with Gasteiger partial charge in [0.15, 0.2) is 0 Å². The minimum absolute atomic E-state index is 0.243. The molecule has 0 aliphatic rings. The third-order valence-corrected chi connectivity index (χ3v) is 2.15. The predicted octanol–water partition coefficient (Wildman–Crippen LogP) is 2.41. The minimum Gasteiger partial charge on any atom is -0.406 e. The molecule has 0 fully saturated rings. The van der Waals surface area contributed by atoms with Crippen molar-refractivity contribution in [2.75, 3.05) is 5.73 Å². The molecule has 0 saturated carbocycles. The lowest BCUT2D eigenvalue weighted by Crippen LogP contribution is -2.17. The summed E-state index contributed by atoms with van der Waals surface area (Å²) in [6, 6.07) is 5.76. The molecule has 0 atom stereocenters. The smallest absolute Gasteiger partial charge is 0.406 e. The number of nitrogen functional groups attached to an aromatic ring is 1. The Labute approximate surface area is 101 Å².